The van der Waals surface area contributed by atoms with Crippen molar-refractivity contribution in [2.45, 2.75) is 94.5 Å². The van der Waals surface area contributed by atoms with Crippen LogP contribution in [0.4, 0.5) is 5.82 Å². The van der Waals surface area contributed by atoms with Crippen LogP contribution in [0.2, 0.25) is 5.02 Å². The lowest BCUT2D eigenvalue weighted by molar-refractivity contribution is -0.136. The van der Waals surface area contributed by atoms with Crippen molar-refractivity contribution in [3.05, 3.63) is 69.9 Å². The second-order valence-electron chi connectivity index (χ2n) is 16.8. The maximum Gasteiger partial charge on any atom is 0.272 e. The highest BCUT2D eigenvalue weighted by atomic mass is 35.5. The third-order valence-electron chi connectivity index (χ3n) is 12.9. The maximum atomic E-state index is 13.3. The van der Waals surface area contributed by atoms with Crippen LogP contribution in [0.15, 0.2) is 42.5 Å². The van der Waals surface area contributed by atoms with E-state index in [1.54, 1.807) is 35.2 Å². The van der Waals surface area contributed by atoms with Crippen molar-refractivity contribution in [3.63, 3.8) is 0 Å². The molecule has 308 valence electrons. The number of carbonyl (C=O) groups is 4. The summed E-state index contributed by atoms with van der Waals surface area (Å²) in [6.45, 7) is 5.32. The van der Waals surface area contributed by atoms with Gasteiger partial charge in [-0.15, -0.1) is 10.2 Å². The quantitative estimate of drug-likeness (QED) is 0.307. The fourth-order valence-corrected chi connectivity index (χ4v) is 9.60. The minimum absolute atomic E-state index is 0.0231. The van der Waals surface area contributed by atoms with Gasteiger partial charge in [-0.3, -0.25) is 24.5 Å². The Morgan fingerprint density at radius 1 is 0.966 bits per heavy atom. The van der Waals surface area contributed by atoms with E-state index in [1.807, 2.05) is 12.1 Å². The van der Waals surface area contributed by atoms with Gasteiger partial charge in [0.2, 0.25) is 11.8 Å². The summed E-state index contributed by atoms with van der Waals surface area (Å²) < 4.78 is 19.0. The third kappa shape index (κ3) is 8.25. The minimum atomic E-state index is -0.663. The van der Waals surface area contributed by atoms with Crippen molar-refractivity contribution in [1.29, 1.82) is 5.26 Å². The molecule has 9 rings (SSSR count). The van der Waals surface area contributed by atoms with Crippen LogP contribution in [0.25, 0.3) is 0 Å². The monoisotopic (exact) mass is 822 g/mol. The molecule has 5 aliphatic heterocycles. The molecule has 0 bridgehead atoms. The summed E-state index contributed by atoms with van der Waals surface area (Å²) in [4.78, 5) is 56.8. The first-order valence-electron chi connectivity index (χ1n) is 20.7. The number of fused-ring (bicyclic) bond motifs is 2. The van der Waals surface area contributed by atoms with Gasteiger partial charge in [0.25, 0.3) is 11.8 Å². The number of aromatic nitrogens is 2. The van der Waals surface area contributed by atoms with E-state index in [0.717, 1.165) is 95.5 Å². The fourth-order valence-electron chi connectivity index (χ4n) is 9.39. The van der Waals surface area contributed by atoms with Gasteiger partial charge in [0.05, 0.1) is 16.7 Å². The number of ether oxygens (including phenoxy) is 3. The van der Waals surface area contributed by atoms with Crippen molar-refractivity contribution in [1.82, 2.24) is 30.6 Å². The molecule has 3 saturated heterocycles. The number of nitrogens with zero attached hydrogens (tertiary/aromatic N) is 6. The highest BCUT2D eigenvalue weighted by molar-refractivity contribution is 6.31. The zero-order valence-electron chi connectivity index (χ0n) is 32.8. The van der Waals surface area contributed by atoms with Crippen LogP contribution < -0.4 is 29.7 Å². The lowest BCUT2D eigenvalue weighted by Crippen LogP contribution is -2.54. The van der Waals surface area contributed by atoms with Crippen LogP contribution in [-0.4, -0.2) is 107 Å². The topological polar surface area (TPSA) is 179 Å². The molecule has 1 unspecified atom stereocenters. The number of hydrogen-bond donors (Lipinski definition) is 2. The van der Waals surface area contributed by atoms with Crippen LogP contribution in [0.5, 0.6) is 17.2 Å². The number of piperidine rings is 3. The standard InChI is InChI=1S/C43H47ClN8O7/c44-33-20-31(4-1-27(33)22-45)58-30-5-2-29(3-6-30)46-40(54)34-7-9-38(49-48-34)51-15-11-26(12-16-51)23-50-17-13-43(14-18-50)25-57-36-21-32-28(19-37(36)59-43)24-52(42(32)56)35-8-10-39(53)47-41(35)55/h1,4,7,9,19-21,26,29-30,35H,2-3,5-6,8,10-18,23-25H2,(H,46,54)(H,47,53,55). The van der Waals surface area contributed by atoms with E-state index in [0.29, 0.717) is 64.6 Å². The summed E-state index contributed by atoms with van der Waals surface area (Å²) in [6.07, 6.45) is 7.49. The Balaban J connectivity index is 0.699. The number of rotatable bonds is 8. The smallest absolute Gasteiger partial charge is 0.272 e. The van der Waals surface area contributed by atoms with E-state index in [2.05, 4.69) is 36.7 Å². The lowest BCUT2D eigenvalue weighted by atomic mass is 9.89. The Morgan fingerprint density at radius 2 is 1.76 bits per heavy atom. The first-order chi connectivity index (χ1) is 28.6. The minimum Gasteiger partial charge on any atom is -0.490 e. The first kappa shape index (κ1) is 39.0. The lowest BCUT2D eigenvalue weighted by Gasteiger charge is -2.45. The summed E-state index contributed by atoms with van der Waals surface area (Å²) in [6, 6.07) is 13.8. The number of benzene rings is 2. The molecule has 59 heavy (non-hydrogen) atoms. The Kier molecular flexibility index (Phi) is 10.8. The first-order valence-corrected chi connectivity index (χ1v) is 21.1. The van der Waals surface area contributed by atoms with Gasteiger partial charge in [0.1, 0.15) is 30.1 Å². The number of imide groups is 1. The summed E-state index contributed by atoms with van der Waals surface area (Å²) in [5.41, 5.74) is 1.63. The molecule has 3 aromatic rings. The maximum absolute atomic E-state index is 13.3. The van der Waals surface area contributed by atoms with Crippen molar-refractivity contribution >= 4 is 41.0 Å². The number of halogens is 1. The van der Waals surface area contributed by atoms with Gasteiger partial charge in [-0.05, 0) is 92.8 Å². The molecule has 16 heteroatoms. The summed E-state index contributed by atoms with van der Waals surface area (Å²) in [7, 11) is 0. The number of amides is 4. The summed E-state index contributed by atoms with van der Waals surface area (Å²) in [5, 5.41) is 23.7. The fraction of sp³-hybridized carbons (Fsp3) is 0.512. The second kappa shape index (κ2) is 16.3. The van der Waals surface area contributed by atoms with E-state index >= 15 is 0 Å². The van der Waals surface area contributed by atoms with Crippen LogP contribution in [0.3, 0.4) is 0 Å². The predicted molar refractivity (Wildman–Crippen MR) is 214 cm³/mol. The molecule has 1 atom stereocenters. The van der Waals surface area contributed by atoms with Crippen molar-refractivity contribution in [2.24, 2.45) is 5.92 Å². The van der Waals surface area contributed by atoms with Crippen LogP contribution >= 0.6 is 11.6 Å². The van der Waals surface area contributed by atoms with Crippen molar-refractivity contribution < 1.29 is 33.4 Å². The number of nitriles is 1. The zero-order valence-corrected chi connectivity index (χ0v) is 33.5. The highest BCUT2D eigenvalue weighted by Crippen LogP contribution is 2.43. The average Bonchev–Trinajstić information content (AvgIpc) is 3.56. The molecule has 2 aromatic carbocycles. The molecule has 1 aromatic heterocycles. The normalized spacial score (nSPS) is 24.3. The molecule has 1 spiro atoms. The van der Waals surface area contributed by atoms with Gasteiger partial charge in [0.15, 0.2) is 23.0 Å². The molecular formula is C43H47ClN8O7. The number of likely N-dealkylation sites (tertiary alicyclic amines) is 1. The largest absolute Gasteiger partial charge is 0.490 e. The number of nitrogens with one attached hydrogen (secondary N) is 2. The predicted octanol–water partition coefficient (Wildman–Crippen LogP) is 4.41. The number of hydrogen-bond acceptors (Lipinski definition) is 12. The molecule has 6 heterocycles. The van der Waals surface area contributed by atoms with Crippen molar-refractivity contribution in [2.75, 3.05) is 44.2 Å². The van der Waals surface area contributed by atoms with E-state index in [-0.39, 0.29) is 36.3 Å². The van der Waals surface area contributed by atoms with Gasteiger partial charge < -0.3 is 34.2 Å². The molecule has 15 nitrogen and oxygen atoms in total. The van der Waals surface area contributed by atoms with E-state index < -0.39 is 17.6 Å². The third-order valence-corrected chi connectivity index (χ3v) is 13.2. The van der Waals surface area contributed by atoms with Gasteiger partial charge >= 0.3 is 0 Å². The number of anilines is 1. The van der Waals surface area contributed by atoms with E-state index in [1.165, 1.54) is 0 Å². The number of carbonyl (C=O) groups excluding carboxylic acids is 4. The molecule has 6 aliphatic rings. The molecule has 4 amide bonds. The van der Waals surface area contributed by atoms with Gasteiger partial charge in [-0.2, -0.15) is 5.26 Å². The van der Waals surface area contributed by atoms with Gasteiger partial charge in [-0.25, -0.2) is 0 Å². The summed E-state index contributed by atoms with van der Waals surface area (Å²) in [5.74, 6) is 2.02. The molecule has 0 radical (unpaired) electrons. The van der Waals surface area contributed by atoms with E-state index in [9.17, 15) is 19.2 Å². The average molecular weight is 823 g/mol. The molecule has 4 fully saturated rings. The van der Waals surface area contributed by atoms with Crippen LogP contribution in [-0.2, 0) is 16.1 Å². The Hall–Kier alpha value is -5.46. The van der Waals surface area contributed by atoms with E-state index in [4.69, 9.17) is 31.1 Å². The van der Waals surface area contributed by atoms with Gasteiger partial charge in [0, 0.05) is 76.2 Å². The Morgan fingerprint density at radius 3 is 2.47 bits per heavy atom. The Labute approximate surface area is 347 Å². The summed E-state index contributed by atoms with van der Waals surface area (Å²) >= 11 is 6.15. The zero-order chi connectivity index (χ0) is 40.7. The van der Waals surface area contributed by atoms with Crippen LogP contribution in [0, 0.1) is 17.2 Å². The SMILES string of the molecule is N#Cc1ccc(OC2CCC(NC(=O)c3ccc(N4CCC(CN5CCC6(CC5)COc5cc7c(cc5O6)CN(C5CCC(=O)NC5=O)C7=O)CC4)nn3)CC2)cc1Cl. The van der Waals surface area contributed by atoms with Crippen molar-refractivity contribution in [3.8, 4) is 23.3 Å². The Bertz CT molecular complexity index is 2170. The highest BCUT2D eigenvalue weighted by Gasteiger charge is 2.44. The molecule has 2 N–H and O–H groups in total. The molecular weight excluding hydrogens is 776 g/mol. The molecule has 1 aliphatic carbocycles. The molecule has 1 saturated carbocycles. The van der Waals surface area contributed by atoms with Crippen LogP contribution in [0.1, 0.15) is 96.2 Å². The second-order valence-corrected chi connectivity index (χ2v) is 17.2. The van der Waals surface area contributed by atoms with Gasteiger partial charge in [-0.1, -0.05) is 11.6 Å².